The molecule has 0 aliphatic carbocycles. The molecule has 12 aromatic rings. The lowest BCUT2D eigenvalue weighted by Gasteiger charge is -2.15. The molecule has 3 aromatic heterocycles. The molecule has 3 heterocycles. The molecule has 0 radical (unpaired) electrons. The fourth-order valence-electron chi connectivity index (χ4n) is 9.14. The fourth-order valence-corrected chi connectivity index (χ4v) is 9.14. The van der Waals surface area contributed by atoms with Gasteiger partial charge in [0.05, 0.1) is 27.8 Å². The number of benzene rings is 9. The Bertz CT molecular complexity index is 3610. The van der Waals surface area contributed by atoms with Crippen molar-refractivity contribution in [2.45, 2.75) is 0 Å². The van der Waals surface area contributed by atoms with Gasteiger partial charge in [-0.2, -0.15) is 0 Å². The van der Waals surface area contributed by atoms with Gasteiger partial charge in [0.1, 0.15) is 0 Å². The number of fused-ring (bicyclic) bond motifs is 7. The first kappa shape index (κ1) is 35.5. The number of rotatable bonds is 7. The van der Waals surface area contributed by atoms with Gasteiger partial charge in [-0.05, 0) is 70.8 Å². The molecule has 5 nitrogen and oxygen atoms in total. The second-order valence-corrected chi connectivity index (χ2v) is 15.6. The van der Waals surface area contributed by atoms with Crippen LogP contribution < -0.4 is 0 Å². The molecule has 0 saturated carbocycles. The first-order valence-corrected chi connectivity index (χ1v) is 21.0. The molecule has 0 N–H and O–H groups in total. The third-order valence-electron chi connectivity index (χ3n) is 12.0. The van der Waals surface area contributed by atoms with E-state index in [1.165, 1.54) is 32.6 Å². The predicted octanol–water partition coefficient (Wildman–Crippen LogP) is 14.4. The molecule has 62 heavy (non-hydrogen) atoms. The Balaban J connectivity index is 1.10. The van der Waals surface area contributed by atoms with Gasteiger partial charge in [-0.1, -0.05) is 176 Å². The summed E-state index contributed by atoms with van der Waals surface area (Å²) in [5.74, 6) is 1.82. The van der Waals surface area contributed by atoms with E-state index in [4.69, 9.17) is 15.0 Å². The summed E-state index contributed by atoms with van der Waals surface area (Å²) >= 11 is 0. The molecule has 0 aliphatic heterocycles. The highest BCUT2D eigenvalue weighted by molar-refractivity contribution is 6.26. The van der Waals surface area contributed by atoms with Crippen LogP contribution in [-0.2, 0) is 0 Å². The van der Waals surface area contributed by atoms with Crippen LogP contribution in [0.5, 0.6) is 0 Å². The van der Waals surface area contributed by atoms with Crippen molar-refractivity contribution < 1.29 is 0 Å². The number of aromatic nitrogens is 5. The van der Waals surface area contributed by atoms with E-state index in [-0.39, 0.29) is 0 Å². The maximum Gasteiger partial charge on any atom is 0.166 e. The van der Waals surface area contributed by atoms with E-state index in [1.807, 2.05) is 12.1 Å². The van der Waals surface area contributed by atoms with E-state index in [0.717, 1.165) is 61.4 Å². The number of nitrogens with zero attached hydrogens (tertiary/aromatic N) is 5. The molecule has 0 spiro atoms. The van der Waals surface area contributed by atoms with Crippen LogP contribution in [0.25, 0.3) is 111 Å². The van der Waals surface area contributed by atoms with Crippen LogP contribution in [-0.4, -0.2) is 24.1 Å². The first-order chi connectivity index (χ1) is 30.8. The lowest BCUT2D eigenvalue weighted by atomic mass is 10.0. The van der Waals surface area contributed by atoms with Gasteiger partial charge in [0.25, 0.3) is 0 Å². The SMILES string of the molecule is c1ccc(-c2ccc(-c3nc(-c4cccc(-c5ccccc5)c4)nc(-c4ccccc4-n4c5ccccc5c5c4ccc4c6ccccc6n(-c6ccccc6)c45)n3)cc2)cc1. The highest BCUT2D eigenvalue weighted by atomic mass is 15.1. The van der Waals surface area contributed by atoms with Gasteiger partial charge in [-0.25, -0.2) is 15.0 Å². The Labute approximate surface area is 358 Å². The third-order valence-corrected chi connectivity index (χ3v) is 12.0. The number of hydrogen-bond acceptors (Lipinski definition) is 3. The normalized spacial score (nSPS) is 11.5. The van der Waals surface area contributed by atoms with Gasteiger partial charge in [0.2, 0.25) is 0 Å². The molecule has 12 rings (SSSR count). The number of hydrogen-bond donors (Lipinski definition) is 0. The highest BCUT2D eigenvalue weighted by Crippen LogP contribution is 2.43. The van der Waals surface area contributed by atoms with E-state index in [9.17, 15) is 0 Å². The molecule has 0 atom stereocenters. The summed E-state index contributed by atoms with van der Waals surface area (Å²) in [7, 11) is 0. The van der Waals surface area contributed by atoms with E-state index in [2.05, 4.69) is 221 Å². The van der Waals surface area contributed by atoms with Crippen molar-refractivity contribution in [3.8, 4) is 67.8 Å². The fraction of sp³-hybridized carbons (Fsp3) is 0. The van der Waals surface area contributed by atoms with Crippen LogP contribution in [0, 0.1) is 0 Å². The Morgan fingerprint density at radius 2 is 0.806 bits per heavy atom. The van der Waals surface area contributed by atoms with E-state index < -0.39 is 0 Å². The maximum absolute atomic E-state index is 5.32. The van der Waals surface area contributed by atoms with Gasteiger partial charge in [-0.3, -0.25) is 0 Å². The van der Waals surface area contributed by atoms with E-state index >= 15 is 0 Å². The highest BCUT2D eigenvalue weighted by Gasteiger charge is 2.23. The second kappa shape index (κ2) is 14.7. The molecular formula is C57H37N5. The quantitative estimate of drug-likeness (QED) is 0.162. The summed E-state index contributed by atoms with van der Waals surface area (Å²) in [5, 5.41) is 4.82. The molecular weight excluding hydrogens is 755 g/mol. The molecule has 0 saturated heterocycles. The Morgan fingerprint density at radius 3 is 1.55 bits per heavy atom. The van der Waals surface area contributed by atoms with E-state index in [0.29, 0.717) is 17.5 Å². The monoisotopic (exact) mass is 791 g/mol. The van der Waals surface area contributed by atoms with Crippen molar-refractivity contribution in [2.75, 3.05) is 0 Å². The third kappa shape index (κ3) is 5.90. The zero-order valence-corrected chi connectivity index (χ0v) is 33.6. The molecule has 0 bridgehead atoms. The minimum Gasteiger partial charge on any atom is -0.309 e. The molecule has 5 heteroatoms. The molecule has 0 unspecified atom stereocenters. The maximum atomic E-state index is 5.32. The standard InChI is InChI=1S/C57H37N5/c1-4-17-38(18-5-1)40-31-33-41(34-32-40)55-58-56(43-22-16-21-42(37-43)39-19-6-2-7-20-39)60-57(59-55)48-27-12-15-30-51(48)62-50-29-14-11-26-47(50)53-52(62)36-35-46-45-25-10-13-28-49(45)61(54(46)53)44-23-8-3-9-24-44/h1-37H. The van der Waals surface area contributed by atoms with Crippen molar-refractivity contribution in [2.24, 2.45) is 0 Å². The van der Waals surface area contributed by atoms with Crippen LogP contribution in [0.4, 0.5) is 0 Å². The minimum absolute atomic E-state index is 0.600. The zero-order chi connectivity index (χ0) is 41.0. The van der Waals surface area contributed by atoms with Crippen LogP contribution in [0.15, 0.2) is 224 Å². The minimum atomic E-state index is 0.600. The van der Waals surface area contributed by atoms with Crippen LogP contribution >= 0.6 is 0 Å². The zero-order valence-electron chi connectivity index (χ0n) is 33.6. The topological polar surface area (TPSA) is 48.5 Å². The van der Waals surface area contributed by atoms with Gasteiger partial charge in [0.15, 0.2) is 17.5 Å². The lowest BCUT2D eigenvalue weighted by Crippen LogP contribution is -2.03. The van der Waals surface area contributed by atoms with Crippen molar-refractivity contribution in [1.29, 1.82) is 0 Å². The van der Waals surface area contributed by atoms with Crippen molar-refractivity contribution in [3.63, 3.8) is 0 Å². The summed E-state index contributed by atoms with van der Waals surface area (Å²) in [5.41, 5.74) is 14.0. The molecule has 290 valence electrons. The Kier molecular flexibility index (Phi) is 8.42. The summed E-state index contributed by atoms with van der Waals surface area (Å²) in [4.78, 5) is 15.8. The molecule has 0 amide bonds. The first-order valence-electron chi connectivity index (χ1n) is 21.0. The average Bonchev–Trinajstić information content (AvgIpc) is 3.88. The predicted molar refractivity (Wildman–Crippen MR) is 256 cm³/mol. The Hall–Kier alpha value is -8.41. The molecule has 0 aliphatic rings. The second-order valence-electron chi connectivity index (χ2n) is 15.6. The van der Waals surface area contributed by atoms with Gasteiger partial charge >= 0.3 is 0 Å². The molecule has 9 aromatic carbocycles. The Morgan fingerprint density at radius 1 is 0.290 bits per heavy atom. The number of para-hydroxylation sites is 4. The van der Waals surface area contributed by atoms with Crippen molar-refractivity contribution in [3.05, 3.63) is 224 Å². The van der Waals surface area contributed by atoms with E-state index in [1.54, 1.807) is 0 Å². The summed E-state index contributed by atoms with van der Waals surface area (Å²) in [6.07, 6.45) is 0. The van der Waals surface area contributed by atoms with Crippen LogP contribution in [0.3, 0.4) is 0 Å². The van der Waals surface area contributed by atoms with Gasteiger partial charge < -0.3 is 9.13 Å². The molecule has 0 fully saturated rings. The lowest BCUT2D eigenvalue weighted by molar-refractivity contribution is 1.06. The van der Waals surface area contributed by atoms with Crippen LogP contribution in [0.2, 0.25) is 0 Å². The van der Waals surface area contributed by atoms with Crippen LogP contribution in [0.1, 0.15) is 0 Å². The average molecular weight is 792 g/mol. The van der Waals surface area contributed by atoms with Gasteiger partial charge in [0, 0.05) is 43.9 Å². The van der Waals surface area contributed by atoms with Crippen molar-refractivity contribution >= 4 is 43.6 Å². The van der Waals surface area contributed by atoms with Crippen molar-refractivity contribution in [1.82, 2.24) is 24.1 Å². The summed E-state index contributed by atoms with van der Waals surface area (Å²) < 4.78 is 4.81. The van der Waals surface area contributed by atoms with Gasteiger partial charge in [-0.15, -0.1) is 0 Å². The largest absolute Gasteiger partial charge is 0.309 e. The summed E-state index contributed by atoms with van der Waals surface area (Å²) in [6.45, 7) is 0. The summed E-state index contributed by atoms with van der Waals surface area (Å²) in [6, 6.07) is 79.1. The smallest absolute Gasteiger partial charge is 0.166 e.